The van der Waals surface area contributed by atoms with Gasteiger partial charge in [-0.25, -0.2) is 4.68 Å². The number of nitrogens with zero attached hydrogens (tertiary/aromatic N) is 3. The SMILES string of the molecule is [CH2][CH]CSC[C@@H](NC(=O)CCCCCCCCCC)C(=O)Nc1cn([C@H]2OC(CO)[C@@H](O)[C@@H]2O)nn1. The predicted octanol–water partition coefficient (Wildman–Crippen LogP) is 1.62. The van der Waals surface area contributed by atoms with Gasteiger partial charge in [-0.05, 0) is 25.5 Å². The van der Waals surface area contributed by atoms with Crippen LogP contribution in [0.25, 0.3) is 0 Å². The summed E-state index contributed by atoms with van der Waals surface area (Å²) in [6, 6.07) is -0.768. The number of anilines is 1. The average molecular weight is 528 g/mol. The van der Waals surface area contributed by atoms with E-state index in [1.807, 2.05) is 0 Å². The summed E-state index contributed by atoms with van der Waals surface area (Å²) >= 11 is 1.47. The first-order valence-corrected chi connectivity index (χ1v) is 13.9. The third kappa shape index (κ3) is 9.97. The van der Waals surface area contributed by atoms with Crippen LogP contribution in [0, 0.1) is 13.3 Å². The molecule has 0 bridgehead atoms. The Morgan fingerprint density at radius 3 is 2.53 bits per heavy atom. The Kier molecular flexibility index (Phi) is 14.3. The van der Waals surface area contributed by atoms with Crippen molar-refractivity contribution in [1.82, 2.24) is 20.3 Å². The molecule has 0 saturated carbocycles. The van der Waals surface area contributed by atoms with E-state index in [1.54, 1.807) is 6.42 Å². The third-order valence-electron chi connectivity index (χ3n) is 5.97. The molecule has 1 saturated heterocycles. The summed E-state index contributed by atoms with van der Waals surface area (Å²) in [4.78, 5) is 25.4. The summed E-state index contributed by atoms with van der Waals surface area (Å²) < 4.78 is 6.58. The quantitative estimate of drug-likeness (QED) is 0.179. The minimum Gasteiger partial charge on any atom is -0.394 e. The number of unbranched alkanes of at least 4 members (excludes halogenated alkanes) is 7. The van der Waals surface area contributed by atoms with Crippen LogP contribution < -0.4 is 10.6 Å². The normalized spacial score (nSPS) is 22.5. The minimum absolute atomic E-state index is 0.105. The highest BCUT2D eigenvalue weighted by Crippen LogP contribution is 2.29. The number of aliphatic hydroxyl groups excluding tert-OH is 3. The van der Waals surface area contributed by atoms with Crippen molar-refractivity contribution in [2.45, 2.75) is 95.3 Å². The fraction of sp³-hybridized carbons (Fsp3) is 0.750. The molecule has 1 aromatic heterocycles. The Morgan fingerprint density at radius 1 is 1.19 bits per heavy atom. The highest BCUT2D eigenvalue weighted by molar-refractivity contribution is 7.99. The highest BCUT2D eigenvalue weighted by Gasteiger charge is 2.44. The van der Waals surface area contributed by atoms with E-state index < -0.39 is 43.1 Å². The first kappa shape index (κ1) is 30.5. The first-order valence-electron chi connectivity index (χ1n) is 12.7. The van der Waals surface area contributed by atoms with Crippen molar-refractivity contribution < 1.29 is 29.6 Å². The second kappa shape index (κ2) is 16.9. The van der Waals surface area contributed by atoms with Gasteiger partial charge in [0.05, 0.1) is 12.8 Å². The fourth-order valence-corrected chi connectivity index (χ4v) is 4.68. The lowest BCUT2D eigenvalue weighted by Crippen LogP contribution is -2.45. The van der Waals surface area contributed by atoms with E-state index in [9.17, 15) is 24.9 Å². The van der Waals surface area contributed by atoms with Gasteiger partial charge in [0.2, 0.25) is 11.8 Å². The number of rotatable bonds is 18. The summed E-state index contributed by atoms with van der Waals surface area (Å²) in [5.74, 6) is 0.497. The largest absolute Gasteiger partial charge is 0.394 e. The molecule has 0 aliphatic carbocycles. The predicted molar refractivity (Wildman–Crippen MR) is 138 cm³/mol. The number of carbonyl (C=O) groups excluding carboxylic acids is 2. The standard InChI is InChI=1S/C24H41N5O6S/c1-3-5-6-7-8-9-10-11-12-20(31)25-17(16-36-13-4-2)23(34)26-19-14-29(28-27-19)24-22(33)21(32)18(15-30)35-24/h4,14,17-18,21-22,24,30,32-33H,2-3,5-13,15-16H2,1H3,(H,25,31)(H,26,34)/t17-,18?,21-,22+,24+/m1/s1. The Balaban J connectivity index is 1.84. The van der Waals surface area contributed by atoms with Gasteiger partial charge in [-0.1, -0.05) is 57.1 Å². The first-order chi connectivity index (χ1) is 17.4. The Hall–Kier alpha value is -1.73. The van der Waals surface area contributed by atoms with Crippen LogP contribution in [0.1, 0.15) is 70.9 Å². The van der Waals surface area contributed by atoms with Gasteiger partial charge in [-0.2, -0.15) is 11.8 Å². The van der Waals surface area contributed by atoms with Crippen LogP contribution in [0.15, 0.2) is 6.20 Å². The summed E-state index contributed by atoms with van der Waals surface area (Å²) in [7, 11) is 0. The van der Waals surface area contributed by atoms with Crippen molar-refractivity contribution in [3.05, 3.63) is 19.5 Å². The van der Waals surface area contributed by atoms with Gasteiger partial charge in [-0.15, -0.1) is 5.10 Å². The molecule has 0 spiro atoms. The number of amides is 2. The van der Waals surface area contributed by atoms with Crippen LogP contribution in [-0.4, -0.2) is 84.6 Å². The Bertz CT molecular complexity index is 782. The molecular weight excluding hydrogens is 486 g/mol. The van der Waals surface area contributed by atoms with Crippen molar-refractivity contribution >= 4 is 29.4 Å². The Labute approximate surface area is 217 Å². The number of carbonyl (C=O) groups is 2. The molecule has 12 heteroatoms. The molecule has 36 heavy (non-hydrogen) atoms. The van der Waals surface area contributed by atoms with Gasteiger partial charge in [0.1, 0.15) is 24.4 Å². The van der Waals surface area contributed by atoms with Crippen molar-refractivity contribution in [1.29, 1.82) is 0 Å². The number of aromatic nitrogens is 3. The molecule has 1 aliphatic rings. The van der Waals surface area contributed by atoms with Crippen LogP contribution in [0.4, 0.5) is 5.82 Å². The molecule has 2 amide bonds. The van der Waals surface area contributed by atoms with Gasteiger partial charge in [-0.3, -0.25) is 9.59 Å². The van der Waals surface area contributed by atoms with Crippen LogP contribution in [0.3, 0.4) is 0 Å². The number of nitrogens with one attached hydrogen (secondary N) is 2. The molecule has 2 rings (SSSR count). The molecular formula is C24H41N5O6S. The van der Waals surface area contributed by atoms with Crippen molar-refractivity contribution in [3.8, 4) is 0 Å². The molecule has 1 fully saturated rings. The van der Waals surface area contributed by atoms with Crippen molar-refractivity contribution in [2.75, 3.05) is 23.4 Å². The molecule has 5 N–H and O–H groups in total. The van der Waals surface area contributed by atoms with Crippen LogP contribution >= 0.6 is 11.8 Å². The lowest BCUT2D eigenvalue weighted by Gasteiger charge is -2.17. The summed E-state index contributed by atoms with van der Waals surface area (Å²) in [5, 5.41) is 42.5. The summed E-state index contributed by atoms with van der Waals surface area (Å²) in [6.45, 7) is 5.41. The zero-order chi connectivity index (χ0) is 26.3. The molecule has 1 aliphatic heterocycles. The second-order valence-corrected chi connectivity index (χ2v) is 10.0. The molecule has 11 nitrogen and oxygen atoms in total. The zero-order valence-corrected chi connectivity index (χ0v) is 21.9. The number of thioether (sulfide) groups is 1. The average Bonchev–Trinajstić information content (AvgIpc) is 3.44. The minimum atomic E-state index is -1.31. The number of aliphatic hydroxyl groups is 3. The fourth-order valence-electron chi connectivity index (χ4n) is 3.91. The van der Waals surface area contributed by atoms with E-state index >= 15 is 0 Å². The molecule has 2 heterocycles. The van der Waals surface area contributed by atoms with Crippen LogP contribution in [0.5, 0.6) is 0 Å². The van der Waals surface area contributed by atoms with Crippen molar-refractivity contribution in [2.24, 2.45) is 0 Å². The smallest absolute Gasteiger partial charge is 0.249 e. The summed E-state index contributed by atoms with van der Waals surface area (Å²) in [5.41, 5.74) is 0. The van der Waals surface area contributed by atoms with Gasteiger partial charge in [0, 0.05) is 12.2 Å². The monoisotopic (exact) mass is 527 g/mol. The summed E-state index contributed by atoms with van der Waals surface area (Å²) in [6.07, 6.45) is 7.95. The van der Waals surface area contributed by atoms with E-state index in [1.165, 1.54) is 54.7 Å². The maximum atomic E-state index is 12.9. The van der Waals surface area contributed by atoms with Gasteiger partial charge in [0.25, 0.3) is 0 Å². The van der Waals surface area contributed by atoms with E-state index in [2.05, 4.69) is 34.8 Å². The second-order valence-electron chi connectivity index (χ2n) is 8.97. The third-order valence-corrected chi connectivity index (χ3v) is 7.01. The number of ether oxygens (including phenoxy) is 1. The van der Waals surface area contributed by atoms with Crippen molar-refractivity contribution in [3.63, 3.8) is 0 Å². The van der Waals surface area contributed by atoms with Crippen LogP contribution in [0.2, 0.25) is 0 Å². The molecule has 2 radical (unpaired) electrons. The molecule has 0 aromatic carbocycles. The maximum absolute atomic E-state index is 12.9. The van der Waals surface area contributed by atoms with Gasteiger partial charge < -0.3 is 30.7 Å². The molecule has 5 atom stereocenters. The van der Waals surface area contributed by atoms with E-state index in [0.29, 0.717) is 17.9 Å². The maximum Gasteiger partial charge on any atom is 0.249 e. The zero-order valence-electron chi connectivity index (χ0n) is 21.1. The number of hydrogen-bond acceptors (Lipinski definition) is 9. The molecule has 1 aromatic rings. The number of hydrogen-bond donors (Lipinski definition) is 5. The molecule has 204 valence electrons. The van der Waals surface area contributed by atoms with Crippen LogP contribution in [-0.2, 0) is 14.3 Å². The van der Waals surface area contributed by atoms with E-state index in [4.69, 9.17) is 4.74 Å². The molecule has 1 unspecified atom stereocenters. The lowest BCUT2D eigenvalue weighted by molar-refractivity contribution is -0.126. The highest BCUT2D eigenvalue weighted by atomic mass is 32.2. The topological polar surface area (TPSA) is 159 Å². The van der Waals surface area contributed by atoms with Gasteiger partial charge >= 0.3 is 0 Å². The van der Waals surface area contributed by atoms with E-state index in [-0.39, 0.29) is 11.7 Å². The van der Waals surface area contributed by atoms with E-state index in [0.717, 1.165) is 19.3 Å². The lowest BCUT2D eigenvalue weighted by atomic mass is 10.1. The van der Waals surface area contributed by atoms with Gasteiger partial charge in [0.15, 0.2) is 12.0 Å². The Morgan fingerprint density at radius 2 is 1.89 bits per heavy atom.